The van der Waals surface area contributed by atoms with E-state index in [1.807, 2.05) is 0 Å². The molecule has 3 atom stereocenters. The molecule has 0 heterocycles. The van der Waals surface area contributed by atoms with Crippen molar-refractivity contribution in [3.8, 4) is 5.75 Å². The summed E-state index contributed by atoms with van der Waals surface area (Å²) in [5.74, 6) is 0.463. The maximum Gasteiger partial charge on any atom is 0.259 e. The quantitative estimate of drug-likeness (QED) is 0.567. The summed E-state index contributed by atoms with van der Waals surface area (Å²) in [7, 11) is 1.48. The molecule has 1 rings (SSSR count). The second-order valence-electron chi connectivity index (χ2n) is 3.57. The maximum absolute atomic E-state index is 10.7. The average molecular weight is 279 g/mol. The van der Waals surface area contributed by atoms with Crippen LogP contribution in [0.4, 0.5) is 5.69 Å². The highest BCUT2D eigenvalue weighted by molar-refractivity contribution is 7.80. The van der Waals surface area contributed by atoms with Gasteiger partial charge in [0.25, 0.3) is 11.3 Å². The minimum Gasteiger partial charge on any atom is -0.495 e. The van der Waals surface area contributed by atoms with Crippen molar-refractivity contribution in [2.45, 2.75) is 18.3 Å². The molecule has 1 aromatic rings. The van der Waals surface area contributed by atoms with E-state index < -0.39 is 11.3 Å². The van der Waals surface area contributed by atoms with Crippen LogP contribution in [0, 0.1) is 0 Å². The van der Waals surface area contributed by atoms with Crippen molar-refractivity contribution >= 4 is 28.6 Å². The fraction of sp³-hybridized carbons (Fsp3) is 0.400. The fourth-order valence-corrected chi connectivity index (χ4v) is 1.86. The zero-order valence-electron chi connectivity index (χ0n) is 9.51. The number of halogens is 1. The number of hydrogen-bond acceptors (Lipinski definition) is 3. The Morgan fingerprint density at radius 2 is 2.24 bits per heavy atom. The number of alkyl halides is 1. The Bertz CT molecular complexity index is 415. The highest BCUT2D eigenvalue weighted by Crippen LogP contribution is 2.31. The van der Waals surface area contributed by atoms with Gasteiger partial charge in [-0.05, 0) is 24.6 Å². The molecule has 4 N–H and O–H groups in total. The molecule has 5 nitrogen and oxygen atoms in total. The molecule has 0 aliphatic rings. The normalized spacial score (nSPS) is 16.1. The fourth-order valence-electron chi connectivity index (χ4n) is 1.37. The van der Waals surface area contributed by atoms with Crippen LogP contribution in [0.3, 0.4) is 0 Å². The first-order valence-corrected chi connectivity index (χ1v) is 6.45. The van der Waals surface area contributed by atoms with E-state index in [1.165, 1.54) is 7.11 Å². The molecule has 3 unspecified atom stereocenters. The molecule has 0 bridgehead atoms. The monoisotopic (exact) mass is 278 g/mol. The van der Waals surface area contributed by atoms with Gasteiger partial charge in [0.05, 0.1) is 18.2 Å². The van der Waals surface area contributed by atoms with Gasteiger partial charge in [-0.15, -0.1) is 11.6 Å². The molecule has 7 heteroatoms. The van der Waals surface area contributed by atoms with Crippen molar-refractivity contribution in [3.63, 3.8) is 0 Å². The van der Waals surface area contributed by atoms with Crippen LogP contribution in [0.15, 0.2) is 18.2 Å². The number of benzene rings is 1. The second-order valence-corrected chi connectivity index (χ2v) is 4.74. The number of methoxy groups -OCH3 is 1. The van der Waals surface area contributed by atoms with Gasteiger partial charge in [0.1, 0.15) is 5.75 Å². The van der Waals surface area contributed by atoms with Crippen LogP contribution in [-0.4, -0.2) is 21.9 Å². The Labute approximate surface area is 108 Å². The van der Waals surface area contributed by atoms with Crippen molar-refractivity contribution < 1.29 is 13.5 Å². The molecule has 0 aliphatic carbocycles. The van der Waals surface area contributed by atoms with Crippen molar-refractivity contribution in [1.82, 2.24) is 0 Å². The van der Waals surface area contributed by atoms with Crippen LogP contribution in [0.25, 0.3) is 0 Å². The molecule has 0 saturated heterocycles. The standard InChI is InChI=1S/C10H15ClN2O3S/c1-6(12)10(11)7-3-4-9(16-2)8(5-7)13-17(14)15/h3-6,10,13H,12H2,1-2H3,(H,14,15). The Morgan fingerprint density at radius 1 is 1.59 bits per heavy atom. The highest BCUT2D eigenvalue weighted by Gasteiger charge is 2.15. The number of nitrogens with one attached hydrogen (secondary N) is 1. The van der Waals surface area contributed by atoms with Crippen LogP contribution in [0.1, 0.15) is 17.9 Å². The Kier molecular flexibility index (Phi) is 5.20. The van der Waals surface area contributed by atoms with Gasteiger partial charge in [-0.1, -0.05) is 6.07 Å². The number of nitrogens with two attached hydrogens (primary N) is 1. The van der Waals surface area contributed by atoms with Gasteiger partial charge in [0.2, 0.25) is 0 Å². The van der Waals surface area contributed by atoms with Gasteiger partial charge in [-0.25, -0.2) is 4.21 Å². The van der Waals surface area contributed by atoms with E-state index in [-0.39, 0.29) is 11.4 Å². The lowest BCUT2D eigenvalue weighted by Crippen LogP contribution is -2.21. The molecule has 0 spiro atoms. The van der Waals surface area contributed by atoms with Gasteiger partial charge < -0.3 is 10.5 Å². The lowest BCUT2D eigenvalue weighted by molar-refractivity contribution is 0.416. The van der Waals surface area contributed by atoms with Gasteiger partial charge in [-0.2, -0.15) is 0 Å². The zero-order chi connectivity index (χ0) is 13.0. The summed E-state index contributed by atoms with van der Waals surface area (Å²) in [6, 6.07) is 4.86. The first kappa shape index (κ1) is 14.2. The van der Waals surface area contributed by atoms with Gasteiger partial charge in [-0.3, -0.25) is 9.27 Å². The number of hydrogen-bond donors (Lipinski definition) is 3. The SMILES string of the molecule is COc1ccc(C(Cl)C(C)N)cc1NS(=O)O. The summed E-state index contributed by atoms with van der Waals surface area (Å²) in [4.78, 5) is 0. The van der Waals surface area contributed by atoms with E-state index in [1.54, 1.807) is 25.1 Å². The molecular weight excluding hydrogens is 264 g/mol. The third-order valence-electron chi connectivity index (χ3n) is 2.20. The summed E-state index contributed by atoms with van der Waals surface area (Å²) >= 11 is 3.95. The Balaban J connectivity index is 3.08. The molecule has 0 saturated carbocycles. The van der Waals surface area contributed by atoms with Gasteiger partial charge in [0.15, 0.2) is 0 Å². The van der Waals surface area contributed by atoms with Crippen molar-refractivity contribution in [2.75, 3.05) is 11.8 Å². The van der Waals surface area contributed by atoms with Crippen molar-refractivity contribution in [1.29, 1.82) is 0 Å². The third kappa shape index (κ3) is 3.85. The van der Waals surface area contributed by atoms with Crippen LogP contribution in [0.5, 0.6) is 5.75 Å². The van der Waals surface area contributed by atoms with Gasteiger partial charge >= 0.3 is 0 Å². The van der Waals surface area contributed by atoms with Crippen molar-refractivity contribution in [3.05, 3.63) is 23.8 Å². The Morgan fingerprint density at radius 3 is 2.71 bits per heavy atom. The summed E-state index contributed by atoms with van der Waals surface area (Å²) < 4.78 is 27.0. The molecule has 0 aromatic heterocycles. The summed E-state index contributed by atoms with van der Waals surface area (Å²) in [5.41, 5.74) is 6.86. The van der Waals surface area contributed by atoms with E-state index in [4.69, 9.17) is 26.6 Å². The van der Waals surface area contributed by atoms with Crippen LogP contribution < -0.4 is 15.2 Å². The topological polar surface area (TPSA) is 84.6 Å². The number of ether oxygens (including phenoxy) is 1. The summed E-state index contributed by atoms with van der Waals surface area (Å²) in [6.07, 6.45) is 0. The number of rotatable bonds is 5. The molecule has 0 amide bonds. The first-order valence-electron chi connectivity index (χ1n) is 4.90. The van der Waals surface area contributed by atoms with Gasteiger partial charge in [0, 0.05) is 6.04 Å². The second kappa shape index (κ2) is 6.20. The first-order chi connectivity index (χ1) is 7.95. The van der Waals surface area contributed by atoms with Crippen LogP contribution in [0.2, 0.25) is 0 Å². The lowest BCUT2D eigenvalue weighted by Gasteiger charge is -2.16. The highest BCUT2D eigenvalue weighted by atomic mass is 35.5. The van der Waals surface area contributed by atoms with E-state index in [9.17, 15) is 4.21 Å². The van der Waals surface area contributed by atoms with E-state index >= 15 is 0 Å². The average Bonchev–Trinajstić information content (AvgIpc) is 2.27. The molecule has 96 valence electrons. The minimum atomic E-state index is -2.16. The predicted octanol–water partition coefficient (Wildman–Crippen LogP) is 1.87. The molecule has 1 aromatic carbocycles. The largest absolute Gasteiger partial charge is 0.495 e. The molecule has 17 heavy (non-hydrogen) atoms. The molecule has 0 fully saturated rings. The zero-order valence-corrected chi connectivity index (χ0v) is 11.1. The molecular formula is C10H15ClN2O3S. The molecule has 0 aliphatic heterocycles. The van der Waals surface area contributed by atoms with E-state index in [0.717, 1.165) is 5.56 Å². The van der Waals surface area contributed by atoms with E-state index in [0.29, 0.717) is 11.4 Å². The number of anilines is 1. The predicted molar refractivity (Wildman–Crippen MR) is 69.6 cm³/mol. The third-order valence-corrected chi connectivity index (χ3v) is 3.24. The van der Waals surface area contributed by atoms with Crippen LogP contribution >= 0.6 is 11.6 Å². The van der Waals surface area contributed by atoms with Crippen molar-refractivity contribution in [2.24, 2.45) is 5.73 Å². The minimum absolute atomic E-state index is 0.225. The lowest BCUT2D eigenvalue weighted by atomic mass is 10.1. The molecule has 0 radical (unpaired) electrons. The Hall–Kier alpha value is -0.820. The smallest absolute Gasteiger partial charge is 0.259 e. The summed E-state index contributed by atoms with van der Waals surface area (Å²) in [6.45, 7) is 1.79. The van der Waals surface area contributed by atoms with E-state index in [2.05, 4.69) is 4.72 Å². The van der Waals surface area contributed by atoms with Crippen LogP contribution in [-0.2, 0) is 11.3 Å². The maximum atomic E-state index is 10.7. The summed E-state index contributed by atoms with van der Waals surface area (Å²) in [5, 5.41) is -0.367.